The van der Waals surface area contributed by atoms with E-state index in [1.807, 2.05) is 36.4 Å². The SMILES string of the molecule is CCOC(=O)c1sc(-c2ccc(-c3ccc(-c4cc5cc6sc(-c7ccc(-c8ccc(-c9nc(C(F)(F)F)c(C(=O)OCC)s9)s8)s7)cc6cc5s4)s3)s2)nc1C(F)(F)F. The minimum atomic E-state index is -4.79. The van der Waals surface area contributed by atoms with Gasteiger partial charge >= 0.3 is 24.3 Å². The number of esters is 2. The second-order valence-electron chi connectivity index (χ2n) is 12.6. The van der Waals surface area contributed by atoms with Crippen molar-refractivity contribution < 1.29 is 45.4 Å². The molecule has 0 aliphatic heterocycles. The van der Waals surface area contributed by atoms with Gasteiger partial charge in [-0.1, -0.05) is 0 Å². The van der Waals surface area contributed by atoms with E-state index in [0.29, 0.717) is 32.4 Å². The maximum Gasteiger partial charge on any atom is 0.435 e. The van der Waals surface area contributed by atoms with Crippen LogP contribution in [0, 0.1) is 0 Å². The van der Waals surface area contributed by atoms with Crippen molar-refractivity contribution in [3.8, 4) is 58.8 Å². The largest absolute Gasteiger partial charge is 0.462 e. The lowest BCUT2D eigenvalue weighted by molar-refractivity contribution is -0.141. The van der Waals surface area contributed by atoms with Gasteiger partial charge in [0.2, 0.25) is 0 Å². The van der Waals surface area contributed by atoms with Gasteiger partial charge in [0.15, 0.2) is 11.4 Å². The molecule has 9 rings (SSSR count). The number of fused-ring (bicyclic) bond motifs is 2. The third kappa shape index (κ3) is 7.87. The Bertz CT molecular complexity index is 2830. The number of alkyl halides is 6. The van der Waals surface area contributed by atoms with Crippen LogP contribution in [-0.4, -0.2) is 35.1 Å². The summed E-state index contributed by atoms with van der Waals surface area (Å²) in [5.74, 6) is -2.08. The lowest BCUT2D eigenvalue weighted by atomic mass is 10.2. The van der Waals surface area contributed by atoms with Crippen molar-refractivity contribution in [3.05, 3.63) is 93.9 Å². The summed E-state index contributed by atoms with van der Waals surface area (Å²) >= 11 is 10.5. The first-order valence-electron chi connectivity index (χ1n) is 17.6. The number of hydrogen-bond donors (Lipinski definition) is 0. The van der Waals surface area contributed by atoms with Gasteiger partial charge in [0, 0.05) is 48.4 Å². The summed E-state index contributed by atoms with van der Waals surface area (Å²) in [7, 11) is 0. The third-order valence-electron chi connectivity index (χ3n) is 8.69. The predicted molar refractivity (Wildman–Crippen MR) is 235 cm³/mol. The Kier molecular flexibility index (Phi) is 10.9. The van der Waals surface area contributed by atoms with Crippen LogP contribution in [0.25, 0.3) is 79.0 Å². The number of thiazole rings is 2. The highest BCUT2D eigenvalue weighted by Gasteiger charge is 2.41. The summed E-state index contributed by atoms with van der Waals surface area (Å²) in [5, 5.41) is 2.42. The lowest BCUT2D eigenvalue weighted by Gasteiger charge is -2.05. The Morgan fingerprint density at radius 3 is 1.12 bits per heavy atom. The molecule has 1 aromatic carbocycles. The second-order valence-corrected chi connectivity index (χ2v) is 21.1. The molecule has 0 saturated heterocycles. The molecule has 306 valence electrons. The van der Waals surface area contributed by atoms with Gasteiger partial charge in [-0.05, 0) is 97.4 Å². The fourth-order valence-corrected chi connectivity index (χ4v) is 14.7. The number of carbonyl (C=O) groups excluding carboxylic acids is 2. The average molecular weight is 965 g/mol. The van der Waals surface area contributed by atoms with Gasteiger partial charge < -0.3 is 9.47 Å². The van der Waals surface area contributed by atoms with Crippen molar-refractivity contribution in [2.24, 2.45) is 0 Å². The molecular weight excluding hydrogens is 943 g/mol. The number of benzene rings is 1. The number of thiophene rings is 6. The smallest absolute Gasteiger partial charge is 0.435 e. The molecule has 0 fully saturated rings. The van der Waals surface area contributed by atoms with E-state index >= 15 is 0 Å². The zero-order valence-corrected chi connectivity index (χ0v) is 36.9. The Hall–Kier alpha value is -4.28. The zero-order valence-electron chi connectivity index (χ0n) is 30.4. The van der Waals surface area contributed by atoms with E-state index in [-0.39, 0.29) is 23.2 Å². The Morgan fingerprint density at radius 1 is 0.467 bits per heavy atom. The van der Waals surface area contributed by atoms with Crippen LogP contribution in [0.1, 0.15) is 44.6 Å². The molecule has 0 saturated carbocycles. The van der Waals surface area contributed by atoms with Gasteiger partial charge in [0.05, 0.1) is 23.0 Å². The number of ether oxygens (including phenoxy) is 2. The number of rotatable bonds is 10. The molecule has 0 unspecified atom stereocenters. The van der Waals surface area contributed by atoms with Gasteiger partial charge in [0.1, 0.15) is 19.8 Å². The van der Waals surface area contributed by atoms with Crippen LogP contribution in [0.15, 0.2) is 72.8 Å². The van der Waals surface area contributed by atoms with Crippen molar-refractivity contribution in [2.45, 2.75) is 26.2 Å². The first kappa shape index (κ1) is 41.1. The molecule has 0 spiro atoms. The number of nitrogens with zero attached hydrogens (tertiary/aromatic N) is 2. The van der Waals surface area contributed by atoms with Crippen LogP contribution in [0.3, 0.4) is 0 Å². The van der Waals surface area contributed by atoms with E-state index in [9.17, 15) is 35.9 Å². The van der Waals surface area contributed by atoms with Gasteiger partial charge in [-0.25, -0.2) is 19.6 Å². The van der Waals surface area contributed by atoms with Crippen molar-refractivity contribution in [3.63, 3.8) is 0 Å². The second kappa shape index (κ2) is 15.9. The summed E-state index contributed by atoms with van der Waals surface area (Å²) in [6, 6.07) is 23.9. The van der Waals surface area contributed by atoms with Crippen molar-refractivity contribution in [1.82, 2.24) is 9.97 Å². The fraction of sp³-hybridized carbons (Fsp3) is 0.150. The number of hydrogen-bond acceptors (Lipinski definition) is 14. The van der Waals surface area contributed by atoms with Gasteiger partial charge in [-0.2, -0.15) is 26.3 Å². The van der Waals surface area contributed by atoms with Crippen molar-refractivity contribution in [2.75, 3.05) is 13.2 Å². The van der Waals surface area contributed by atoms with E-state index in [0.717, 1.165) is 59.2 Å². The minimum absolute atomic E-state index is 0.0477. The monoisotopic (exact) mass is 964 g/mol. The highest BCUT2D eigenvalue weighted by molar-refractivity contribution is 7.31. The predicted octanol–water partition coefficient (Wildman–Crippen LogP) is 15.7. The Balaban J connectivity index is 0.926. The van der Waals surface area contributed by atoms with E-state index in [4.69, 9.17) is 9.47 Å². The zero-order chi connectivity index (χ0) is 42.1. The van der Waals surface area contributed by atoms with Crippen LogP contribution < -0.4 is 0 Å². The summed E-state index contributed by atoms with van der Waals surface area (Å²) in [6.45, 7) is 2.97. The maximum absolute atomic E-state index is 13.7. The number of halogens is 6. The van der Waals surface area contributed by atoms with Gasteiger partial charge in [-0.3, -0.25) is 0 Å². The first-order valence-corrected chi connectivity index (χ1v) is 24.1. The molecule has 0 bridgehead atoms. The molecule has 60 heavy (non-hydrogen) atoms. The van der Waals surface area contributed by atoms with Crippen LogP contribution >= 0.6 is 90.7 Å². The quantitative estimate of drug-likeness (QED) is 0.100. The van der Waals surface area contributed by atoms with Crippen LogP contribution in [0.5, 0.6) is 0 Å². The first-order chi connectivity index (χ1) is 28.7. The molecule has 0 amide bonds. The number of carbonyl (C=O) groups is 2. The van der Waals surface area contributed by atoms with E-state index in [1.165, 1.54) is 36.5 Å². The van der Waals surface area contributed by atoms with Crippen LogP contribution in [0.4, 0.5) is 26.3 Å². The standard InChI is InChI=1S/C40H22F6N2O4S8/c1-3-51-37(49)31-33(39(41,42)43)47-35(59-31)25-11-9-21(55-25)19-5-7-23(53-19)29-15-17-13-28-18(14-27(17)57-29)16-30(58-28)24-8-6-20(54-24)22-10-12-26(56-22)36-48-34(40(44,45)46)32(60-36)38(50)52-4-2/h5-16H,3-4H2,1-2H3. The summed E-state index contributed by atoms with van der Waals surface area (Å²) in [4.78, 5) is 40.0. The van der Waals surface area contributed by atoms with Crippen LogP contribution in [-0.2, 0) is 21.8 Å². The molecule has 0 aliphatic rings. The minimum Gasteiger partial charge on any atom is -0.462 e. The van der Waals surface area contributed by atoms with Crippen molar-refractivity contribution in [1.29, 1.82) is 0 Å². The Morgan fingerprint density at radius 2 is 0.783 bits per heavy atom. The molecule has 8 aromatic heterocycles. The molecule has 9 aromatic rings. The van der Waals surface area contributed by atoms with Gasteiger partial charge in [-0.15, -0.1) is 90.7 Å². The highest BCUT2D eigenvalue weighted by Crippen LogP contribution is 2.48. The normalized spacial score (nSPS) is 12.3. The average Bonchev–Trinajstić information content (AvgIpc) is 4.04. The van der Waals surface area contributed by atoms with Gasteiger partial charge in [0.25, 0.3) is 0 Å². The van der Waals surface area contributed by atoms with Crippen LogP contribution in [0.2, 0.25) is 0 Å². The third-order valence-corrected chi connectivity index (χ3v) is 18.4. The molecular formula is C40H22F6N2O4S8. The van der Waals surface area contributed by atoms with E-state index < -0.39 is 45.4 Å². The molecule has 8 heterocycles. The summed E-state index contributed by atoms with van der Waals surface area (Å²) in [5.41, 5.74) is -2.47. The molecule has 6 nitrogen and oxygen atoms in total. The molecule has 0 aliphatic carbocycles. The number of aromatic nitrogens is 2. The fourth-order valence-electron chi connectivity index (χ4n) is 6.10. The maximum atomic E-state index is 13.7. The summed E-state index contributed by atoms with van der Waals surface area (Å²) in [6.07, 6.45) is -9.59. The molecule has 0 atom stereocenters. The molecule has 20 heteroatoms. The van der Waals surface area contributed by atoms with Crippen molar-refractivity contribution >= 4 is 123 Å². The molecule has 0 radical (unpaired) electrons. The lowest BCUT2D eigenvalue weighted by Crippen LogP contribution is -2.13. The summed E-state index contributed by atoms with van der Waals surface area (Å²) < 4.78 is 94.2. The van der Waals surface area contributed by atoms with E-state index in [1.54, 1.807) is 57.5 Å². The Labute approximate surface area is 367 Å². The molecule has 0 N–H and O–H groups in total. The topological polar surface area (TPSA) is 78.4 Å². The highest BCUT2D eigenvalue weighted by atomic mass is 32.1. The van der Waals surface area contributed by atoms with E-state index in [2.05, 4.69) is 34.2 Å².